The summed E-state index contributed by atoms with van der Waals surface area (Å²) in [5.74, 6) is 0.519. The largest absolute Gasteiger partial charge is 0.469 e. The summed E-state index contributed by atoms with van der Waals surface area (Å²) >= 11 is 4.84. The lowest BCUT2D eigenvalue weighted by Gasteiger charge is -2.17. The maximum Gasteiger partial charge on any atom is 0.307 e. The van der Waals surface area contributed by atoms with E-state index in [0.717, 1.165) is 11.4 Å². The highest BCUT2D eigenvalue weighted by Crippen LogP contribution is 2.10. The molecule has 1 heterocycles. The third-order valence-corrected chi connectivity index (χ3v) is 2.54. The first kappa shape index (κ1) is 13.4. The molecule has 0 saturated heterocycles. The van der Waals surface area contributed by atoms with Crippen LogP contribution in [0.1, 0.15) is 12.0 Å². The molecule has 0 amide bonds. The molecule has 1 aromatic rings. The summed E-state index contributed by atoms with van der Waals surface area (Å²) in [6, 6.07) is 3.62. The highest BCUT2D eigenvalue weighted by atomic mass is 32.1. The quantitative estimate of drug-likeness (QED) is 0.616. The minimum Gasteiger partial charge on any atom is -0.469 e. The molecule has 0 aromatic carbocycles. The Balaban J connectivity index is 2.60. The van der Waals surface area contributed by atoms with Crippen molar-refractivity contribution < 1.29 is 9.53 Å². The van der Waals surface area contributed by atoms with E-state index in [1.54, 1.807) is 12.3 Å². The van der Waals surface area contributed by atoms with E-state index in [0.29, 0.717) is 18.0 Å². The summed E-state index contributed by atoms with van der Waals surface area (Å²) in [5.41, 5.74) is 6.20. The number of hydrogen-bond donors (Lipinski definition) is 1. The summed E-state index contributed by atoms with van der Waals surface area (Å²) < 4.78 is 4.57. The van der Waals surface area contributed by atoms with Crippen molar-refractivity contribution in [3.63, 3.8) is 0 Å². The third kappa shape index (κ3) is 3.99. The van der Waals surface area contributed by atoms with Crippen molar-refractivity contribution in [2.75, 3.05) is 25.6 Å². The zero-order chi connectivity index (χ0) is 12.8. The Labute approximate surface area is 106 Å². The number of nitrogens with zero attached hydrogens (tertiary/aromatic N) is 2. The van der Waals surface area contributed by atoms with Crippen LogP contribution >= 0.6 is 12.2 Å². The lowest BCUT2D eigenvalue weighted by molar-refractivity contribution is -0.140. The number of rotatable bonds is 5. The van der Waals surface area contributed by atoms with Gasteiger partial charge < -0.3 is 15.4 Å². The Hall–Kier alpha value is -1.69. The van der Waals surface area contributed by atoms with Gasteiger partial charge in [-0.1, -0.05) is 12.2 Å². The van der Waals surface area contributed by atoms with Crippen LogP contribution < -0.4 is 10.6 Å². The van der Waals surface area contributed by atoms with Gasteiger partial charge in [0.2, 0.25) is 0 Å². The number of carbonyl (C=O) groups is 1. The second-order valence-corrected chi connectivity index (χ2v) is 3.96. The predicted molar refractivity (Wildman–Crippen MR) is 70.0 cm³/mol. The van der Waals surface area contributed by atoms with Gasteiger partial charge >= 0.3 is 5.97 Å². The smallest absolute Gasteiger partial charge is 0.307 e. The lowest BCUT2D eigenvalue weighted by atomic mass is 10.3. The second kappa shape index (κ2) is 6.15. The van der Waals surface area contributed by atoms with Crippen molar-refractivity contribution in [3.05, 3.63) is 23.9 Å². The molecule has 92 valence electrons. The number of nitrogens with two attached hydrogens (primary N) is 1. The fraction of sp³-hybridized carbons (Fsp3) is 0.364. The van der Waals surface area contributed by atoms with Gasteiger partial charge in [0.25, 0.3) is 0 Å². The van der Waals surface area contributed by atoms with Crippen LogP contribution in [0, 0.1) is 0 Å². The minimum atomic E-state index is -0.239. The van der Waals surface area contributed by atoms with Gasteiger partial charge in [-0.2, -0.15) is 0 Å². The average Bonchev–Trinajstić information content (AvgIpc) is 2.35. The molecule has 0 aliphatic rings. The first-order valence-corrected chi connectivity index (χ1v) is 5.49. The highest BCUT2D eigenvalue weighted by molar-refractivity contribution is 7.80. The number of anilines is 1. The van der Waals surface area contributed by atoms with Gasteiger partial charge in [-0.25, -0.2) is 4.98 Å². The first-order valence-electron chi connectivity index (χ1n) is 5.08. The number of hydrogen-bond acceptors (Lipinski definition) is 5. The van der Waals surface area contributed by atoms with Crippen LogP contribution in [-0.2, 0) is 9.53 Å². The summed E-state index contributed by atoms with van der Waals surface area (Å²) in [6.45, 7) is 0.548. The number of aromatic nitrogens is 1. The molecule has 2 N–H and O–H groups in total. The van der Waals surface area contributed by atoms with Crippen LogP contribution in [0.5, 0.6) is 0 Å². The van der Waals surface area contributed by atoms with Crippen LogP contribution in [-0.4, -0.2) is 36.6 Å². The summed E-state index contributed by atoms with van der Waals surface area (Å²) in [7, 11) is 3.23. The topological polar surface area (TPSA) is 68.5 Å². The normalized spacial score (nSPS) is 9.76. The van der Waals surface area contributed by atoms with Crippen LogP contribution in [0.4, 0.5) is 5.82 Å². The molecule has 0 unspecified atom stereocenters. The van der Waals surface area contributed by atoms with Crippen molar-refractivity contribution in [2.45, 2.75) is 6.42 Å². The van der Waals surface area contributed by atoms with Gasteiger partial charge in [0.1, 0.15) is 10.8 Å². The maximum atomic E-state index is 11.0. The molecule has 1 rings (SSSR count). The summed E-state index contributed by atoms with van der Waals surface area (Å²) in [4.78, 5) is 17.4. The van der Waals surface area contributed by atoms with Crippen molar-refractivity contribution in [3.8, 4) is 0 Å². The third-order valence-electron chi connectivity index (χ3n) is 2.30. The number of esters is 1. The second-order valence-electron chi connectivity index (χ2n) is 3.52. The van der Waals surface area contributed by atoms with E-state index in [1.165, 1.54) is 7.11 Å². The van der Waals surface area contributed by atoms with Crippen LogP contribution in [0.25, 0.3) is 0 Å². The monoisotopic (exact) mass is 253 g/mol. The SMILES string of the molecule is COC(=O)CCN(C)c1ccc(C(N)=S)cn1. The number of carbonyl (C=O) groups excluding carboxylic acids is 1. The van der Waals surface area contributed by atoms with Crippen molar-refractivity contribution >= 4 is 29.0 Å². The fourth-order valence-corrected chi connectivity index (χ4v) is 1.35. The Bertz CT molecular complexity index is 406. The molecule has 0 fully saturated rings. The Morgan fingerprint density at radius 3 is 2.76 bits per heavy atom. The molecular formula is C11H15N3O2S. The number of thiocarbonyl (C=S) groups is 1. The molecule has 0 bridgehead atoms. The van der Waals surface area contributed by atoms with Crippen molar-refractivity contribution in [2.24, 2.45) is 5.73 Å². The van der Waals surface area contributed by atoms with Crippen LogP contribution in [0.3, 0.4) is 0 Å². The van der Waals surface area contributed by atoms with Gasteiger partial charge in [-0.3, -0.25) is 4.79 Å². The Kier molecular flexibility index (Phi) is 4.84. The van der Waals surface area contributed by atoms with E-state index in [4.69, 9.17) is 18.0 Å². The standard InChI is InChI=1S/C11H15N3O2S/c1-14(6-5-10(15)16-2)9-4-3-8(7-13-9)11(12)17/h3-4,7H,5-6H2,1-2H3,(H2,12,17). The molecule has 5 nitrogen and oxygen atoms in total. The van der Waals surface area contributed by atoms with E-state index < -0.39 is 0 Å². The molecule has 0 spiro atoms. The van der Waals surface area contributed by atoms with Crippen LogP contribution in [0.2, 0.25) is 0 Å². The van der Waals surface area contributed by atoms with Gasteiger partial charge in [-0.15, -0.1) is 0 Å². The number of methoxy groups -OCH3 is 1. The van der Waals surface area contributed by atoms with Gasteiger partial charge in [-0.05, 0) is 12.1 Å². The van der Waals surface area contributed by atoms with Crippen LogP contribution in [0.15, 0.2) is 18.3 Å². The van der Waals surface area contributed by atoms with Gasteiger partial charge in [0.15, 0.2) is 0 Å². The average molecular weight is 253 g/mol. The molecule has 6 heteroatoms. The van der Waals surface area contributed by atoms with Gasteiger partial charge in [0, 0.05) is 25.4 Å². The molecule has 0 atom stereocenters. The number of pyridine rings is 1. The van der Waals surface area contributed by atoms with E-state index in [-0.39, 0.29) is 5.97 Å². The molecule has 0 aliphatic carbocycles. The van der Waals surface area contributed by atoms with Crippen molar-refractivity contribution in [1.29, 1.82) is 0 Å². The molecule has 17 heavy (non-hydrogen) atoms. The summed E-state index contributed by atoms with van der Waals surface area (Å²) in [6.07, 6.45) is 1.94. The molecule has 0 radical (unpaired) electrons. The predicted octanol–water partition coefficient (Wildman–Crippen LogP) is 0.715. The summed E-state index contributed by atoms with van der Waals surface area (Å²) in [5, 5.41) is 0. The maximum absolute atomic E-state index is 11.0. The molecular weight excluding hydrogens is 238 g/mol. The van der Waals surface area contributed by atoms with E-state index in [9.17, 15) is 4.79 Å². The molecule has 1 aromatic heterocycles. The lowest BCUT2D eigenvalue weighted by Crippen LogP contribution is -2.22. The highest BCUT2D eigenvalue weighted by Gasteiger charge is 2.06. The van der Waals surface area contributed by atoms with Crippen molar-refractivity contribution in [1.82, 2.24) is 4.98 Å². The Morgan fingerprint density at radius 2 is 2.29 bits per heavy atom. The van der Waals surface area contributed by atoms with Gasteiger partial charge in [0.05, 0.1) is 13.5 Å². The zero-order valence-electron chi connectivity index (χ0n) is 9.84. The van der Waals surface area contributed by atoms with E-state index in [1.807, 2.05) is 18.0 Å². The molecule has 0 aliphatic heterocycles. The Morgan fingerprint density at radius 1 is 1.59 bits per heavy atom. The zero-order valence-corrected chi connectivity index (χ0v) is 10.7. The van der Waals surface area contributed by atoms with E-state index >= 15 is 0 Å². The number of ether oxygens (including phenoxy) is 1. The minimum absolute atomic E-state index is 0.239. The fourth-order valence-electron chi connectivity index (χ4n) is 1.23. The molecule has 0 saturated carbocycles. The first-order chi connectivity index (χ1) is 8.04. The van der Waals surface area contributed by atoms with E-state index in [2.05, 4.69) is 9.72 Å².